The molecule has 0 aliphatic carbocycles. The monoisotopic (exact) mass is 382 g/mol. The van der Waals surface area contributed by atoms with Crippen molar-refractivity contribution in [1.29, 1.82) is 0 Å². The van der Waals surface area contributed by atoms with Crippen LogP contribution in [0.4, 0.5) is 0 Å². The fraction of sp³-hybridized carbons (Fsp3) is 0.300. The molecule has 1 aromatic carbocycles. The highest BCUT2D eigenvalue weighted by atomic mass is 32.1. The van der Waals surface area contributed by atoms with Gasteiger partial charge in [-0.2, -0.15) is 5.10 Å². The molecule has 2 aromatic heterocycles. The Morgan fingerprint density at radius 3 is 2.59 bits per heavy atom. The third-order valence-corrected chi connectivity index (χ3v) is 5.03. The summed E-state index contributed by atoms with van der Waals surface area (Å²) in [6.45, 7) is 6.42. The summed E-state index contributed by atoms with van der Waals surface area (Å²) in [5.74, 6) is -0.192. The van der Waals surface area contributed by atoms with Crippen LogP contribution in [0.25, 0.3) is 21.8 Å². The van der Waals surface area contributed by atoms with Gasteiger partial charge in [-0.1, -0.05) is 37.3 Å². The molecule has 0 saturated carbocycles. The highest BCUT2D eigenvalue weighted by Gasteiger charge is 2.20. The Morgan fingerprint density at radius 1 is 1.19 bits per heavy atom. The Labute approximate surface area is 161 Å². The number of carbonyl (C=O) groups excluding carboxylic acids is 1. The van der Waals surface area contributed by atoms with Crippen LogP contribution in [0.5, 0.6) is 0 Å². The second-order valence-electron chi connectivity index (χ2n) is 6.41. The molecule has 0 atom stereocenters. The third-order valence-electron chi connectivity index (χ3n) is 3.95. The van der Waals surface area contributed by atoms with E-state index in [1.807, 2.05) is 51.1 Å². The Balaban J connectivity index is 2.13. The predicted molar refractivity (Wildman–Crippen MR) is 108 cm³/mol. The van der Waals surface area contributed by atoms with E-state index in [1.165, 1.54) is 22.1 Å². The first-order valence-electron chi connectivity index (χ1n) is 8.96. The lowest BCUT2D eigenvalue weighted by molar-refractivity contribution is 0.0953. The van der Waals surface area contributed by atoms with E-state index in [1.54, 1.807) is 6.07 Å². The van der Waals surface area contributed by atoms with Crippen molar-refractivity contribution in [1.82, 2.24) is 20.1 Å². The molecule has 27 heavy (non-hydrogen) atoms. The van der Waals surface area contributed by atoms with Gasteiger partial charge in [-0.15, -0.1) is 11.3 Å². The van der Waals surface area contributed by atoms with Crippen molar-refractivity contribution in [3.63, 3.8) is 0 Å². The summed E-state index contributed by atoms with van der Waals surface area (Å²) < 4.78 is 1.45. The summed E-state index contributed by atoms with van der Waals surface area (Å²) in [5, 5.41) is 7.76. The van der Waals surface area contributed by atoms with Crippen molar-refractivity contribution in [3.8, 4) is 21.8 Å². The molecular formula is C20H22N4O2S. The van der Waals surface area contributed by atoms with Gasteiger partial charge in [0.2, 0.25) is 0 Å². The van der Waals surface area contributed by atoms with Crippen LogP contribution in [-0.2, 0) is 0 Å². The van der Waals surface area contributed by atoms with Crippen molar-refractivity contribution < 1.29 is 4.79 Å². The van der Waals surface area contributed by atoms with Gasteiger partial charge in [-0.05, 0) is 26.3 Å². The largest absolute Gasteiger partial charge is 0.350 e. The summed E-state index contributed by atoms with van der Waals surface area (Å²) in [4.78, 5) is 29.8. The van der Waals surface area contributed by atoms with Crippen LogP contribution in [-0.4, -0.2) is 27.2 Å². The van der Waals surface area contributed by atoms with E-state index >= 15 is 0 Å². The molecule has 7 heteroatoms. The molecule has 3 rings (SSSR count). The molecule has 0 saturated heterocycles. The number of hydrogen-bond donors (Lipinski definition) is 1. The van der Waals surface area contributed by atoms with Gasteiger partial charge >= 0.3 is 0 Å². The van der Waals surface area contributed by atoms with Gasteiger partial charge in [0, 0.05) is 18.2 Å². The molecule has 0 unspecified atom stereocenters. The zero-order chi connectivity index (χ0) is 19.4. The summed E-state index contributed by atoms with van der Waals surface area (Å²) in [7, 11) is 0. The Hall–Kier alpha value is -2.80. The van der Waals surface area contributed by atoms with Crippen molar-refractivity contribution >= 4 is 17.2 Å². The van der Waals surface area contributed by atoms with Crippen LogP contribution in [0.2, 0.25) is 0 Å². The maximum absolute atomic E-state index is 12.4. The second-order valence-corrected chi connectivity index (χ2v) is 7.41. The number of hydrogen-bond acceptors (Lipinski definition) is 5. The van der Waals surface area contributed by atoms with E-state index in [4.69, 9.17) is 0 Å². The lowest BCUT2D eigenvalue weighted by atomic mass is 10.1. The molecule has 2 heterocycles. The van der Waals surface area contributed by atoms with E-state index in [2.05, 4.69) is 15.4 Å². The molecule has 1 amide bonds. The highest BCUT2D eigenvalue weighted by molar-refractivity contribution is 7.17. The van der Waals surface area contributed by atoms with Crippen LogP contribution in [0.1, 0.15) is 43.0 Å². The summed E-state index contributed by atoms with van der Waals surface area (Å²) in [6, 6.07) is 12.8. The molecule has 0 aliphatic rings. The predicted octanol–water partition coefficient (Wildman–Crippen LogP) is 3.75. The number of benzene rings is 1. The van der Waals surface area contributed by atoms with Gasteiger partial charge in [-0.3, -0.25) is 9.59 Å². The topological polar surface area (TPSA) is 76.9 Å². The van der Waals surface area contributed by atoms with E-state index in [0.29, 0.717) is 22.9 Å². The van der Waals surface area contributed by atoms with E-state index in [0.717, 1.165) is 16.9 Å². The summed E-state index contributed by atoms with van der Waals surface area (Å²) in [6.07, 6.45) is 0.858. The van der Waals surface area contributed by atoms with E-state index in [-0.39, 0.29) is 17.5 Å². The molecule has 0 bridgehead atoms. The molecular weight excluding hydrogens is 360 g/mol. The Bertz CT molecular complexity index is 993. The number of amides is 1. The molecule has 6 nitrogen and oxygen atoms in total. The van der Waals surface area contributed by atoms with Gasteiger partial charge in [-0.25, -0.2) is 9.67 Å². The second kappa shape index (κ2) is 8.26. The van der Waals surface area contributed by atoms with Gasteiger partial charge in [0.15, 0.2) is 5.01 Å². The number of thiazole rings is 1. The van der Waals surface area contributed by atoms with Crippen LogP contribution < -0.4 is 10.9 Å². The van der Waals surface area contributed by atoms with E-state index in [9.17, 15) is 9.59 Å². The minimum atomic E-state index is -0.192. The average molecular weight is 382 g/mol. The quantitative estimate of drug-likeness (QED) is 0.704. The molecule has 1 N–H and O–H groups in total. The Kier molecular flexibility index (Phi) is 5.81. The first-order chi connectivity index (χ1) is 13.0. The Morgan fingerprint density at radius 2 is 1.93 bits per heavy atom. The third kappa shape index (κ3) is 4.14. The summed E-state index contributed by atoms with van der Waals surface area (Å²) >= 11 is 1.29. The molecule has 0 aliphatic heterocycles. The van der Waals surface area contributed by atoms with Crippen molar-refractivity contribution in [2.24, 2.45) is 0 Å². The molecule has 3 aromatic rings. The highest BCUT2D eigenvalue weighted by Crippen LogP contribution is 2.35. The standard InChI is InChI=1S/C20H22N4O2S/c1-4-12-21-19(26)20-22-17(14-8-6-5-7-9-14)18(27-20)15-10-11-16(25)24(23-15)13(2)3/h5-11,13H,4,12H2,1-3H3,(H,21,26). The summed E-state index contributed by atoms with van der Waals surface area (Å²) in [5.41, 5.74) is 2.08. The zero-order valence-electron chi connectivity index (χ0n) is 15.6. The van der Waals surface area contributed by atoms with Crippen LogP contribution in [0, 0.1) is 0 Å². The van der Waals surface area contributed by atoms with Crippen molar-refractivity contribution in [2.45, 2.75) is 33.2 Å². The van der Waals surface area contributed by atoms with E-state index < -0.39 is 0 Å². The minimum absolute atomic E-state index is 0.0575. The lowest BCUT2D eigenvalue weighted by Crippen LogP contribution is -2.23. The van der Waals surface area contributed by atoms with Crippen LogP contribution in [0.3, 0.4) is 0 Å². The first-order valence-corrected chi connectivity index (χ1v) is 9.77. The van der Waals surface area contributed by atoms with Crippen molar-refractivity contribution in [3.05, 3.63) is 57.8 Å². The average Bonchev–Trinajstić information content (AvgIpc) is 3.12. The molecule has 140 valence electrons. The maximum atomic E-state index is 12.4. The van der Waals surface area contributed by atoms with Gasteiger partial charge in [0.1, 0.15) is 5.69 Å². The minimum Gasteiger partial charge on any atom is -0.350 e. The smallest absolute Gasteiger partial charge is 0.280 e. The first kappa shape index (κ1) is 19.0. The maximum Gasteiger partial charge on any atom is 0.280 e. The van der Waals surface area contributed by atoms with Crippen molar-refractivity contribution in [2.75, 3.05) is 6.54 Å². The molecule has 0 radical (unpaired) electrons. The van der Waals surface area contributed by atoms with Crippen LogP contribution in [0.15, 0.2) is 47.3 Å². The van der Waals surface area contributed by atoms with Gasteiger partial charge in [0.05, 0.1) is 16.6 Å². The molecule has 0 fully saturated rings. The number of nitrogens with one attached hydrogen (secondary N) is 1. The number of aromatic nitrogens is 3. The van der Waals surface area contributed by atoms with Gasteiger partial charge < -0.3 is 5.32 Å². The fourth-order valence-electron chi connectivity index (χ4n) is 2.61. The number of nitrogens with zero attached hydrogens (tertiary/aromatic N) is 3. The van der Waals surface area contributed by atoms with Gasteiger partial charge in [0.25, 0.3) is 11.5 Å². The lowest BCUT2D eigenvalue weighted by Gasteiger charge is -2.09. The van der Waals surface area contributed by atoms with Crippen LogP contribution >= 0.6 is 11.3 Å². The SMILES string of the molecule is CCCNC(=O)c1nc(-c2ccccc2)c(-c2ccc(=O)n(C(C)C)n2)s1. The number of rotatable bonds is 6. The fourth-order valence-corrected chi connectivity index (χ4v) is 3.58. The molecule has 0 spiro atoms. The number of carbonyl (C=O) groups is 1. The zero-order valence-corrected chi connectivity index (χ0v) is 16.4. The normalized spacial score (nSPS) is 11.0.